The molecule has 0 bridgehead atoms. The van der Waals surface area contributed by atoms with Crippen LogP contribution in [0.25, 0.3) is 11.1 Å². The molecule has 0 saturated heterocycles. The zero-order valence-electron chi connectivity index (χ0n) is 17.7. The predicted octanol–water partition coefficient (Wildman–Crippen LogP) is 4.74. The molecule has 7 heteroatoms. The SMILES string of the molecule is Cc1ccccc1-c1ccc(O/C(C(=O)Nc2ccc(Cl)cc2)=C(/C=N)NCCN)cc1. The Bertz CT molecular complexity index is 1110. The molecule has 0 aliphatic heterocycles. The molecule has 0 aliphatic carbocycles. The molecule has 0 heterocycles. The number of nitrogens with one attached hydrogen (secondary N) is 3. The van der Waals surface area contributed by atoms with Gasteiger partial charge in [0.1, 0.15) is 11.4 Å². The smallest absolute Gasteiger partial charge is 0.293 e. The molecule has 3 aromatic rings. The Labute approximate surface area is 192 Å². The Balaban J connectivity index is 1.87. The van der Waals surface area contributed by atoms with Gasteiger partial charge in [-0.05, 0) is 60.0 Å². The normalized spacial score (nSPS) is 11.3. The van der Waals surface area contributed by atoms with Crippen LogP contribution in [0.5, 0.6) is 5.75 Å². The van der Waals surface area contributed by atoms with Gasteiger partial charge < -0.3 is 26.5 Å². The van der Waals surface area contributed by atoms with Gasteiger partial charge in [-0.15, -0.1) is 0 Å². The molecule has 6 nitrogen and oxygen atoms in total. The van der Waals surface area contributed by atoms with E-state index in [9.17, 15) is 4.79 Å². The van der Waals surface area contributed by atoms with Gasteiger partial charge in [-0.1, -0.05) is 48.0 Å². The maximum Gasteiger partial charge on any atom is 0.293 e. The van der Waals surface area contributed by atoms with Crippen LogP contribution in [0.3, 0.4) is 0 Å². The lowest BCUT2D eigenvalue weighted by Gasteiger charge is -2.15. The third kappa shape index (κ3) is 5.97. The van der Waals surface area contributed by atoms with E-state index < -0.39 is 5.91 Å². The van der Waals surface area contributed by atoms with E-state index in [1.807, 2.05) is 24.3 Å². The van der Waals surface area contributed by atoms with Crippen LogP contribution in [-0.2, 0) is 4.79 Å². The van der Waals surface area contributed by atoms with Crippen molar-refractivity contribution in [3.05, 3.63) is 94.8 Å². The lowest BCUT2D eigenvalue weighted by molar-refractivity contribution is -0.114. The first-order chi connectivity index (χ1) is 15.5. The van der Waals surface area contributed by atoms with Crippen molar-refractivity contribution in [3.8, 4) is 16.9 Å². The van der Waals surface area contributed by atoms with Crippen molar-refractivity contribution in [3.63, 3.8) is 0 Å². The average molecular weight is 449 g/mol. The van der Waals surface area contributed by atoms with E-state index >= 15 is 0 Å². The highest BCUT2D eigenvalue weighted by Gasteiger charge is 2.18. The number of carbonyl (C=O) groups excluding carboxylic acids is 1. The molecule has 0 fully saturated rings. The number of carbonyl (C=O) groups is 1. The summed E-state index contributed by atoms with van der Waals surface area (Å²) in [6, 6.07) is 22.3. The highest BCUT2D eigenvalue weighted by atomic mass is 35.5. The van der Waals surface area contributed by atoms with Gasteiger partial charge in [0.15, 0.2) is 0 Å². The summed E-state index contributed by atoms with van der Waals surface area (Å²) in [5.41, 5.74) is 9.68. The first-order valence-electron chi connectivity index (χ1n) is 10.1. The van der Waals surface area contributed by atoms with Crippen LogP contribution in [-0.4, -0.2) is 25.2 Å². The molecular weight excluding hydrogens is 424 g/mol. The molecule has 0 atom stereocenters. The lowest BCUT2D eigenvalue weighted by atomic mass is 10.0. The number of benzene rings is 3. The van der Waals surface area contributed by atoms with Crippen LogP contribution in [0.2, 0.25) is 5.02 Å². The second-order valence-electron chi connectivity index (χ2n) is 7.00. The Morgan fingerprint density at radius 3 is 2.38 bits per heavy atom. The number of nitrogens with two attached hydrogens (primary N) is 1. The molecule has 1 amide bonds. The van der Waals surface area contributed by atoms with Crippen LogP contribution < -0.4 is 21.1 Å². The average Bonchev–Trinajstić information content (AvgIpc) is 2.81. The molecule has 0 spiro atoms. The number of rotatable bonds is 9. The highest BCUT2D eigenvalue weighted by molar-refractivity contribution is 6.30. The molecule has 32 heavy (non-hydrogen) atoms. The quantitative estimate of drug-likeness (QED) is 0.216. The Morgan fingerprint density at radius 1 is 1.06 bits per heavy atom. The van der Waals surface area contributed by atoms with Crippen LogP contribution in [0, 0.1) is 12.3 Å². The molecule has 3 aromatic carbocycles. The van der Waals surface area contributed by atoms with E-state index in [0.717, 1.165) is 17.3 Å². The minimum atomic E-state index is -0.502. The topological polar surface area (TPSA) is 100 Å². The van der Waals surface area contributed by atoms with E-state index in [0.29, 0.717) is 29.5 Å². The minimum Gasteiger partial charge on any atom is -0.449 e. The van der Waals surface area contributed by atoms with Gasteiger partial charge in [-0.25, -0.2) is 0 Å². The van der Waals surface area contributed by atoms with Gasteiger partial charge in [-0.2, -0.15) is 0 Å². The van der Waals surface area contributed by atoms with Gasteiger partial charge in [-0.3, -0.25) is 4.79 Å². The van der Waals surface area contributed by atoms with Crippen LogP contribution >= 0.6 is 11.6 Å². The third-order valence-corrected chi connectivity index (χ3v) is 4.94. The summed E-state index contributed by atoms with van der Waals surface area (Å²) in [4.78, 5) is 13.0. The predicted molar refractivity (Wildman–Crippen MR) is 130 cm³/mol. The fourth-order valence-corrected chi connectivity index (χ4v) is 3.19. The molecule has 164 valence electrons. The first-order valence-corrected chi connectivity index (χ1v) is 10.5. The molecule has 5 N–H and O–H groups in total. The number of halogens is 1. The molecule has 0 radical (unpaired) electrons. The van der Waals surface area contributed by atoms with Crippen LogP contribution in [0.15, 0.2) is 84.3 Å². The van der Waals surface area contributed by atoms with E-state index in [4.69, 9.17) is 27.5 Å². The van der Waals surface area contributed by atoms with Crippen molar-refractivity contribution >= 4 is 29.4 Å². The van der Waals surface area contributed by atoms with Gasteiger partial charge in [0.05, 0.1) is 0 Å². The molecule has 0 aliphatic rings. The second kappa shape index (κ2) is 11.1. The fourth-order valence-electron chi connectivity index (χ4n) is 3.07. The number of aryl methyl sites for hydroxylation is 1. The summed E-state index contributed by atoms with van der Waals surface area (Å²) in [5.74, 6) is -0.0668. The second-order valence-corrected chi connectivity index (χ2v) is 7.44. The summed E-state index contributed by atoms with van der Waals surface area (Å²) < 4.78 is 5.93. The first kappa shape index (κ1) is 23.1. The van der Waals surface area contributed by atoms with Gasteiger partial charge in [0, 0.05) is 30.0 Å². The zero-order chi connectivity index (χ0) is 22.9. The molecular formula is C25H25ClN4O2. The van der Waals surface area contributed by atoms with E-state index in [1.165, 1.54) is 5.56 Å². The van der Waals surface area contributed by atoms with Gasteiger partial charge in [0.25, 0.3) is 5.91 Å². The number of ether oxygens (including phenoxy) is 1. The van der Waals surface area contributed by atoms with E-state index in [-0.39, 0.29) is 11.5 Å². The van der Waals surface area contributed by atoms with Crippen molar-refractivity contribution in [1.82, 2.24) is 5.32 Å². The number of hydrogen-bond acceptors (Lipinski definition) is 5. The minimum absolute atomic E-state index is 0.0351. The number of anilines is 1. The molecule has 0 aromatic heterocycles. The van der Waals surface area contributed by atoms with Gasteiger partial charge >= 0.3 is 0 Å². The van der Waals surface area contributed by atoms with Crippen LogP contribution in [0.1, 0.15) is 5.56 Å². The summed E-state index contributed by atoms with van der Waals surface area (Å²) in [7, 11) is 0. The van der Waals surface area contributed by atoms with Crippen LogP contribution in [0.4, 0.5) is 5.69 Å². The number of allylic oxidation sites excluding steroid dienone is 1. The summed E-state index contributed by atoms with van der Waals surface area (Å²) in [6.07, 6.45) is 1.04. The van der Waals surface area contributed by atoms with E-state index in [2.05, 4.69) is 29.7 Å². The largest absolute Gasteiger partial charge is 0.449 e. The number of amides is 1. The van der Waals surface area contributed by atoms with E-state index in [1.54, 1.807) is 36.4 Å². The monoisotopic (exact) mass is 448 g/mol. The molecule has 0 saturated carbocycles. The maximum atomic E-state index is 13.0. The summed E-state index contributed by atoms with van der Waals surface area (Å²) in [5, 5.41) is 14.0. The lowest BCUT2D eigenvalue weighted by Crippen LogP contribution is -2.29. The molecule has 0 unspecified atom stereocenters. The van der Waals surface area contributed by atoms with Crippen molar-refractivity contribution in [2.75, 3.05) is 18.4 Å². The summed E-state index contributed by atoms with van der Waals surface area (Å²) >= 11 is 5.92. The Kier molecular flexibility index (Phi) is 8.02. The Hall–Kier alpha value is -3.61. The van der Waals surface area contributed by atoms with Crippen molar-refractivity contribution in [2.45, 2.75) is 6.92 Å². The number of hydrogen-bond donors (Lipinski definition) is 4. The Morgan fingerprint density at radius 2 is 1.75 bits per heavy atom. The maximum absolute atomic E-state index is 13.0. The molecule has 3 rings (SSSR count). The fraction of sp³-hybridized carbons (Fsp3) is 0.120. The van der Waals surface area contributed by atoms with Crippen molar-refractivity contribution in [2.24, 2.45) is 5.73 Å². The zero-order valence-corrected chi connectivity index (χ0v) is 18.4. The van der Waals surface area contributed by atoms with Crippen molar-refractivity contribution < 1.29 is 9.53 Å². The van der Waals surface area contributed by atoms with Gasteiger partial charge in [0.2, 0.25) is 5.76 Å². The van der Waals surface area contributed by atoms with Crippen molar-refractivity contribution in [1.29, 1.82) is 5.41 Å². The highest BCUT2D eigenvalue weighted by Crippen LogP contribution is 2.26. The third-order valence-electron chi connectivity index (χ3n) is 4.69. The summed E-state index contributed by atoms with van der Waals surface area (Å²) in [6.45, 7) is 2.79. The standard InChI is InChI=1S/C25H25ClN4O2/c1-17-4-2-3-5-22(17)18-6-12-21(13-7-18)32-24(23(16-28)29-15-14-27)25(31)30-20-10-8-19(26)9-11-20/h2-13,16,28-29H,14-15,27H2,1H3,(H,30,31)/b24-23-,28-16?.